The van der Waals surface area contributed by atoms with Crippen LogP contribution in [0.4, 0.5) is 0 Å². The Labute approximate surface area is 499 Å². The molecule has 11 aromatic carbocycles. The number of allylic oxidation sites excluding steroid dienone is 8. The van der Waals surface area contributed by atoms with Crippen molar-refractivity contribution in [2.24, 2.45) is 5.92 Å². The number of benzene rings is 11. The third-order valence-electron chi connectivity index (χ3n) is 19.2. The highest BCUT2D eigenvalue weighted by Gasteiger charge is 2.53. The van der Waals surface area contributed by atoms with Gasteiger partial charge in [0.15, 0.2) is 0 Å². The van der Waals surface area contributed by atoms with E-state index in [1.54, 1.807) is 0 Å². The van der Waals surface area contributed by atoms with Gasteiger partial charge < -0.3 is 0 Å². The van der Waals surface area contributed by atoms with Crippen molar-refractivity contribution in [2.45, 2.75) is 97.3 Å². The molecule has 16 rings (SSSR count). The summed E-state index contributed by atoms with van der Waals surface area (Å²) in [5, 5.41) is 7.96. The van der Waals surface area contributed by atoms with Crippen molar-refractivity contribution in [2.75, 3.05) is 0 Å². The summed E-state index contributed by atoms with van der Waals surface area (Å²) in [6.07, 6.45) is 17.6. The average molecular weight is 1090 g/mol. The summed E-state index contributed by atoms with van der Waals surface area (Å²) in [6.45, 7) is 17.4. The fraction of sp³-hybridized carbons (Fsp3) is 0.190. The van der Waals surface area contributed by atoms with Crippen LogP contribution in [0.2, 0.25) is 0 Å². The van der Waals surface area contributed by atoms with E-state index >= 15 is 0 Å². The Hall–Kier alpha value is -8.84. The van der Waals surface area contributed by atoms with Crippen LogP contribution < -0.4 is 0 Å². The highest BCUT2D eigenvalue weighted by molar-refractivity contribution is 6.16. The number of hydrogen-bond donors (Lipinski definition) is 0. The molecule has 0 radical (unpaired) electrons. The lowest BCUT2D eigenvalue weighted by Crippen LogP contribution is -2.35. The number of hydrogen-bond acceptors (Lipinski definition) is 0. The first kappa shape index (κ1) is 54.4. The van der Waals surface area contributed by atoms with Crippen LogP contribution in [0.25, 0.3) is 71.3 Å². The predicted molar refractivity (Wildman–Crippen MR) is 362 cm³/mol. The minimum Gasteiger partial charge on any atom is -0.0839 e. The molecule has 4 atom stereocenters. The Morgan fingerprint density at radius 3 is 1.88 bits per heavy atom. The van der Waals surface area contributed by atoms with Crippen molar-refractivity contribution in [3.63, 3.8) is 0 Å². The first-order chi connectivity index (χ1) is 41.3. The van der Waals surface area contributed by atoms with Gasteiger partial charge in [0.1, 0.15) is 0 Å². The van der Waals surface area contributed by atoms with Gasteiger partial charge in [-0.2, -0.15) is 0 Å². The molecule has 0 aliphatic heterocycles. The molecular formula is C84H76. The molecule has 5 aliphatic rings. The van der Waals surface area contributed by atoms with E-state index in [0.717, 1.165) is 19.3 Å². The van der Waals surface area contributed by atoms with Gasteiger partial charge in [-0.3, -0.25) is 0 Å². The Kier molecular flexibility index (Phi) is 14.5. The maximum atomic E-state index is 2.51. The Bertz CT molecular complexity index is 4450. The van der Waals surface area contributed by atoms with Gasteiger partial charge in [-0.1, -0.05) is 309 Å². The lowest BCUT2D eigenvalue weighted by molar-refractivity contribution is 0.480. The number of aryl methyl sites for hydroxylation is 1. The van der Waals surface area contributed by atoms with Crippen LogP contribution in [0.1, 0.15) is 141 Å². The smallest absolute Gasteiger partial charge is 0.0525 e. The van der Waals surface area contributed by atoms with E-state index in [-0.39, 0.29) is 16.7 Å². The Balaban J connectivity index is 0.000000148. The van der Waals surface area contributed by atoms with E-state index in [9.17, 15) is 0 Å². The molecule has 0 aromatic heterocycles. The topological polar surface area (TPSA) is 0 Å². The predicted octanol–water partition coefficient (Wildman–Crippen LogP) is 23.0. The average Bonchev–Trinajstić information content (AvgIpc) is 2.71. The molecule has 5 aliphatic carbocycles. The lowest BCUT2D eigenvalue weighted by Gasteiger charge is -2.40. The van der Waals surface area contributed by atoms with Crippen LogP contribution in [0.3, 0.4) is 0 Å². The minimum atomic E-state index is -0.206. The summed E-state index contributed by atoms with van der Waals surface area (Å²) in [6, 6.07) is 84.5. The third-order valence-corrected chi connectivity index (χ3v) is 19.2. The molecule has 11 aromatic rings. The SMILES string of the molecule is CC.CC.CC1c2ccccc2-c2ccc(C(c3ccc4c(c3)C(C)(C)c3ccccc3-4)c3cccc4ccccc34)cc21.Cc1cc2ccccc2c2c(-c3cccc4c3C3=CC=CCC3C4(C3=CCCC=C3)c3ccccc3)cccc12. The summed E-state index contributed by atoms with van der Waals surface area (Å²) >= 11 is 0. The standard InChI is InChI=1S/2C40H32.2C2H6/c1-25-29-13-6-7-15-31(29)32-21-19-27(23-36(25)32)39(35-17-10-12-26-11-4-5-14-30(26)35)28-20-22-34-33-16-8-9-18-37(33)40(2,3)38(34)24-28;1-27-26-28-14-8-9-19-32(28)38-31(27)21-12-22-33(38)34-23-13-25-37-39(34)35-20-10-11-24-36(35)40(37,29-15-4-2-5-16-29)30-17-6-3-7-18-30;2*1-2/h4-25,39H,1-3H3;2,4-6,8-23,25-26,36H,3,7,24H2,1H3;2*1-2H3. The first-order valence-electron chi connectivity index (χ1n) is 31.1. The normalized spacial score (nSPS) is 18.2. The molecule has 0 heteroatoms. The van der Waals surface area contributed by atoms with E-state index in [4.69, 9.17) is 0 Å². The summed E-state index contributed by atoms with van der Waals surface area (Å²) in [5.41, 5.74) is 26.3. The fourth-order valence-corrected chi connectivity index (χ4v) is 15.6. The fourth-order valence-electron chi connectivity index (χ4n) is 15.6. The molecule has 0 spiro atoms. The molecule has 84 heavy (non-hydrogen) atoms. The second-order valence-electron chi connectivity index (χ2n) is 23.7. The maximum absolute atomic E-state index is 2.51. The Morgan fingerprint density at radius 1 is 0.464 bits per heavy atom. The van der Waals surface area contributed by atoms with Crippen molar-refractivity contribution in [3.05, 3.63) is 328 Å². The van der Waals surface area contributed by atoms with Crippen molar-refractivity contribution >= 4 is 37.9 Å². The molecule has 0 nitrogen and oxygen atoms in total. The van der Waals surface area contributed by atoms with Gasteiger partial charge in [-0.25, -0.2) is 0 Å². The van der Waals surface area contributed by atoms with Crippen LogP contribution in [0.5, 0.6) is 0 Å². The van der Waals surface area contributed by atoms with Crippen LogP contribution in [-0.2, 0) is 10.8 Å². The van der Waals surface area contributed by atoms with Gasteiger partial charge >= 0.3 is 0 Å². The van der Waals surface area contributed by atoms with E-state index in [0.29, 0.717) is 11.8 Å². The monoisotopic (exact) mass is 1080 g/mol. The summed E-state index contributed by atoms with van der Waals surface area (Å²) in [5.74, 6) is 0.892. The van der Waals surface area contributed by atoms with Gasteiger partial charge in [0.2, 0.25) is 0 Å². The van der Waals surface area contributed by atoms with Gasteiger partial charge in [-0.15, -0.1) is 0 Å². The van der Waals surface area contributed by atoms with Gasteiger partial charge in [0, 0.05) is 23.2 Å². The van der Waals surface area contributed by atoms with Crippen LogP contribution in [0, 0.1) is 12.8 Å². The molecular weight excluding hydrogens is 1010 g/mol. The van der Waals surface area contributed by atoms with E-state index in [2.05, 4.69) is 289 Å². The van der Waals surface area contributed by atoms with Crippen molar-refractivity contribution in [1.29, 1.82) is 0 Å². The second kappa shape index (κ2) is 22.4. The van der Waals surface area contributed by atoms with Crippen molar-refractivity contribution in [1.82, 2.24) is 0 Å². The number of rotatable bonds is 6. The van der Waals surface area contributed by atoms with Gasteiger partial charge in [0.25, 0.3) is 0 Å². The highest BCUT2D eigenvalue weighted by atomic mass is 14.5. The quantitative estimate of drug-likeness (QED) is 0.115. The zero-order valence-corrected chi connectivity index (χ0v) is 50.2. The summed E-state index contributed by atoms with van der Waals surface area (Å²) in [7, 11) is 0. The molecule has 0 amide bonds. The minimum absolute atomic E-state index is 0.0284. The van der Waals surface area contributed by atoms with E-state index < -0.39 is 0 Å². The Morgan fingerprint density at radius 2 is 1.07 bits per heavy atom. The summed E-state index contributed by atoms with van der Waals surface area (Å²) in [4.78, 5) is 0. The molecule has 0 saturated carbocycles. The molecule has 0 saturated heterocycles. The highest BCUT2D eigenvalue weighted by Crippen LogP contribution is 2.62. The molecule has 0 bridgehead atoms. The van der Waals surface area contributed by atoms with Crippen LogP contribution in [0.15, 0.2) is 266 Å². The van der Waals surface area contributed by atoms with E-state index in [1.807, 2.05) is 27.7 Å². The van der Waals surface area contributed by atoms with Crippen LogP contribution >= 0.6 is 0 Å². The summed E-state index contributed by atoms with van der Waals surface area (Å²) < 4.78 is 0. The van der Waals surface area contributed by atoms with Crippen molar-refractivity contribution in [3.8, 4) is 33.4 Å². The van der Waals surface area contributed by atoms with Gasteiger partial charge in [0.05, 0.1) is 5.41 Å². The molecule has 0 fully saturated rings. The lowest BCUT2D eigenvalue weighted by atomic mass is 9.62. The number of fused-ring (bicyclic) bond motifs is 13. The molecule has 4 unspecified atom stereocenters. The van der Waals surface area contributed by atoms with Crippen molar-refractivity contribution < 1.29 is 0 Å². The zero-order chi connectivity index (χ0) is 57.7. The molecule has 0 N–H and O–H groups in total. The molecule has 412 valence electrons. The maximum Gasteiger partial charge on any atom is 0.0525 e. The van der Waals surface area contributed by atoms with Crippen LogP contribution in [-0.4, -0.2) is 0 Å². The first-order valence-corrected chi connectivity index (χ1v) is 31.1. The third kappa shape index (κ3) is 8.63. The largest absolute Gasteiger partial charge is 0.0839 e. The van der Waals surface area contributed by atoms with E-state index in [1.165, 1.54) is 138 Å². The van der Waals surface area contributed by atoms with Gasteiger partial charge in [-0.05, 0) is 164 Å². The second-order valence-corrected chi connectivity index (χ2v) is 23.7. The zero-order valence-electron chi connectivity index (χ0n) is 50.2. The molecule has 0 heterocycles.